The van der Waals surface area contributed by atoms with Gasteiger partial charge in [-0.15, -0.1) is 0 Å². The molecule has 0 radical (unpaired) electrons. The monoisotopic (exact) mass is 405 g/mol. The average Bonchev–Trinajstić information content (AvgIpc) is 3.49. The van der Waals surface area contributed by atoms with E-state index in [1.54, 1.807) is 13.2 Å². The zero-order valence-corrected chi connectivity index (χ0v) is 16.8. The van der Waals surface area contributed by atoms with Crippen molar-refractivity contribution in [3.63, 3.8) is 0 Å². The first-order chi connectivity index (χ1) is 13.3. The number of ether oxygens (including phenoxy) is 3. The quantitative estimate of drug-likeness (QED) is 0.679. The highest BCUT2D eigenvalue weighted by Crippen LogP contribution is 2.29. The van der Waals surface area contributed by atoms with E-state index in [9.17, 15) is 13.2 Å². The molecule has 7 nitrogen and oxygen atoms in total. The van der Waals surface area contributed by atoms with Gasteiger partial charge in [0.1, 0.15) is 23.0 Å². The summed E-state index contributed by atoms with van der Waals surface area (Å²) < 4.78 is 43.5. The van der Waals surface area contributed by atoms with Gasteiger partial charge in [-0.2, -0.15) is 0 Å². The molecular weight excluding hydrogens is 382 g/mol. The summed E-state index contributed by atoms with van der Waals surface area (Å²) in [6.45, 7) is 1.94. The van der Waals surface area contributed by atoms with Crippen molar-refractivity contribution >= 4 is 16.0 Å². The van der Waals surface area contributed by atoms with E-state index in [4.69, 9.17) is 14.2 Å². The first-order valence-electron chi connectivity index (χ1n) is 8.85. The standard InChI is InChI=1S/C20H23NO6S/c1-13-4-8-17(25-2)15(10-13)12-27-20(22)14-5-9-18(26-3)19(11-14)28(23,24)21-16-6-7-16/h4-5,8-11,16,21H,6-7,12H2,1-3H3. The number of aryl methyl sites for hydroxylation is 1. The maximum absolute atomic E-state index is 12.6. The zero-order valence-electron chi connectivity index (χ0n) is 16.0. The van der Waals surface area contributed by atoms with Crippen LogP contribution < -0.4 is 14.2 Å². The largest absolute Gasteiger partial charge is 0.496 e. The van der Waals surface area contributed by atoms with Gasteiger partial charge in [0.15, 0.2) is 0 Å². The Morgan fingerprint density at radius 1 is 1.07 bits per heavy atom. The molecule has 2 aromatic carbocycles. The van der Waals surface area contributed by atoms with E-state index in [0.717, 1.165) is 24.0 Å². The highest BCUT2D eigenvalue weighted by Gasteiger charge is 2.30. The number of sulfonamides is 1. The van der Waals surface area contributed by atoms with Gasteiger partial charge < -0.3 is 14.2 Å². The van der Waals surface area contributed by atoms with Crippen molar-refractivity contribution in [1.29, 1.82) is 0 Å². The third-order valence-electron chi connectivity index (χ3n) is 4.38. The van der Waals surface area contributed by atoms with Crippen molar-refractivity contribution < 1.29 is 27.4 Å². The molecule has 0 amide bonds. The van der Waals surface area contributed by atoms with Crippen LogP contribution in [-0.4, -0.2) is 34.6 Å². The van der Waals surface area contributed by atoms with Gasteiger partial charge in [-0.1, -0.05) is 11.6 Å². The van der Waals surface area contributed by atoms with Crippen LogP contribution in [0.3, 0.4) is 0 Å². The molecule has 0 atom stereocenters. The van der Waals surface area contributed by atoms with Crippen molar-refractivity contribution in [2.75, 3.05) is 14.2 Å². The van der Waals surface area contributed by atoms with Crippen molar-refractivity contribution in [2.45, 2.75) is 37.3 Å². The SMILES string of the molecule is COc1ccc(C)cc1COC(=O)c1ccc(OC)c(S(=O)(=O)NC2CC2)c1. The lowest BCUT2D eigenvalue weighted by Crippen LogP contribution is -2.26. The van der Waals surface area contributed by atoms with Crippen molar-refractivity contribution in [1.82, 2.24) is 4.72 Å². The fourth-order valence-corrected chi connectivity index (χ4v) is 4.24. The molecule has 1 saturated carbocycles. The number of carbonyl (C=O) groups is 1. The van der Waals surface area contributed by atoms with Crippen LogP contribution in [0.1, 0.15) is 34.3 Å². The van der Waals surface area contributed by atoms with Crippen molar-refractivity contribution in [2.24, 2.45) is 0 Å². The van der Waals surface area contributed by atoms with Gasteiger partial charge in [-0.25, -0.2) is 17.9 Å². The number of benzene rings is 2. The Balaban J connectivity index is 1.80. The second-order valence-electron chi connectivity index (χ2n) is 6.65. The predicted octanol–water partition coefficient (Wildman–Crippen LogP) is 2.81. The maximum Gasteiger partial charge on any atom is 0.338 e. The Labute approximate surface area is 164 Å². The first kappa shape index (κ1) is 20.2. The molecule has 1 aliphatic carbocycles. The summed E-state index contributed by atoms with van der Waals surface area (Å²) in [6, 6.07) is 9.72. The van der Waals surface area contributed by atoms with Crippen molar-refractivity contribution in [3.05, 3.63) is 53.1 Å². The molecule has 1 aliphatic rings. The molecule has 0 aliphatic heterocycles. The molecule has 0 unspecified atom stereocenters. The number of nitrogens with one attached hydrogen (secondary N) is 1. The Kier molecular flexibility index (Phi) is 5.90. The number of methoxy groups -OCH3 is 2. The molecule has 3 rings (SSSR count). The Bertz CT molecular complexity index is 982. The lowest BCUT2D eigenvalue weighted by atomic mass is 10.1. The van der Waals surface area contributed by atoms with Crippen LogP contribution in [-0.2, 0) is 21.4 Å². The molecule has 0 bridgehead atoms. The summed E-state index contributed by atoms with van der Waals surface area (Å²) in [4.78, 5) is 12.4. The summed E-state index contributed by atoms with van der Waals surface area (Å²) in [5.74, 6) is 0.157. The van der Waals surface area contributed by atoms with Gasteiger partial charge in [-0.05, 0) is 50.1 Å². The third-order valence-corrected chi connectivity index (χ3v) is 5.92. The summed E-state index contributed by atoms with van der Waals surface area (Å²) in [6.07, 6.45) is 1.61. The number of rotatable bonds is 8. The first-order valence-corrected chi connectivity index (χ1v) is 10.3. The van der Waals surface area contributed by atoms with Crippen LogP contribution in [0.5, 0.6) is 11.5 Å². The molecule has 0 aromatic heterocycles. The highest BCUT2D eigenvalue weighted by atomic mass is 32.2. The maximum atomic E-state index is 12.6. The minimum atomic E-state index is -3.78. The van der Waals surface area contributed by atoms with Crippen LogP contribution in [0.15, 0.2) is 41.3 Å². The number of hydrogen-bond donors (Lipinski definition) is 1. The molecule has 1 N–H and O–H groups in total. The van der Waals surface area contributed by atoms with Gasteiger partial charge in [0, 0.05) is 11.6 Å². The van der Waals surface area contributed by atoms with Crippen LogP contribution >= 0.6 is 0 Å². The average molecular weight is 405 g/mol. The third kappa shape index (κ3) is 4.63. The zero-order chi connectivity index (χ0) is 20.3. The Morgan fingerprint density at radius 3 is 2.39 bits per heavy atom. The molecular formula is C20H23NO6S. The summed E-state index contributed by atoms with van der Waals surface area (Å²) in [5, 5.41) is 0. The van der Waals surface area contributed by atoms with Crippen LogP contribution in [0, 0.1) is 6.92 Å². The van der Waals surface area contributed by atoms with Gasteiger partial charge in [0.2, 0.25) is 10.0 Å². The molecule has 0 spiro atoms. The van der Waals surface area contributed by atoms with Gasteiger partial charge in [0.05, 0.1) is 19.8 Å². The molecule has 150 valence electrons. The van der Waals surface area contributed by atoms with Gasteiger partial charge in [-0.3, -0.25) is 0 Å². The molecule has 28 heavy (non-hydrogen) atoms. The van der Waals surface area contributed by atoms with E-state index in [1.807, 2.05) is 19.1 Å². The van der Waals surface area contributed by atoms with E-state index >= 15 is 0 Å². The molecule has 1 fully saturated rings. The molecule has 0 heterocycles. The number of esters is 1. The van der Waals surface area contributed by atoms with Crippen molar-refractivity contribution in [3.8, 4) is 11.5 Å². The molecule has 2 aromatic rings. The van der Waals surface area contributed by atoms with E-state index in [-0.39, 0.29) is 28.9 Å². The normalized spacial score (nSPS) is 13.8. The van der Waals surface area contributed by atoms with Crippen LogP contribution in [0.4, 0.5) is 0 Å². The fourth-order valence-electron chi connectivity index (χ4n) is 2.74. The number of carbonyl (C=O) groups excluding carboxylic acids is 1. The smallest absolute Gasteiger partial charge is 0.338 e. The van der Waals surface area contributed by atoms with Gasteiger partial charge >= 0.3 is 5.97 Å². The predicted molar refractivity (Wildman–Crippen MR) is 103 cm³/mol. The van der Waals surface area contributed by atoms with E-state index in [0.29, 0.717) is 5.75 Å². The van der Waals surface area contributed by atoms with Gasteiger partial charge in [0.25, 0.3) is 0 Å². The Morgan fingerprint density at radius 2 is 1.75 bits per heavy atom. The summed E-state index contributed by atoms with van der Waals surface area (Å²) in [5.41, 5.74) is 1.87. The lowest BCUT2D eigenvalue weighted by Gasteiger charge is -2.13. The summed E-state index contributed by atoms with van der Waals surface area (Å²) >= 11 is 0. The molecule has 8 heteroatoms. The fraction of sp³-hybridized carbons (Fsp3) is 0.350. The Hall–Kier alpha value is -2.58. The van der Waals surface area contributed by atoms with Crippen LogP contribution in [0.2, 0.25) is 0 Å². The lowest BCUT2D eigenvalue weighted by molar-refractivity contribution is 0.0469. The minimum Gasteiger partial charge on any atom is -0.496 e. The topological polar surface area (TPSA) is 90.9 Å². The molecule has 0 saturated heterocycles. The number of hydrogen-bond acceptors (Lipinski definition) is 6. The second-order valence-corrected chi connectivity index (χ2v) is 8.34. The highest BCUT2D eigenvalue weighted by molar-refractivity contribution is 7.89. The van der Waals surface area contributed by atoms with E-state index < -0.39 is 16.0 Å². The second kappa shape index (κ2) is 8.20. The minimum absolute atomic E-state index is 0.0120. The van der Waals surface area contributed by atoms with Crippen LogP contribution in [0.25, 0.3) is 0 Å². The van der Waals surface area contributed by atoms with E-state index in [1.165, 1.54) is 25.3 Å². The van der Waals surface area contributed by atoms with E-state index in [2.05, 4.69) is 4.72 Å². The summed E-state index contributed by atoms with van der Waals surface area (Å²) in [7, 11) is -0.854.